The normalized spacial score (nSPS) is 12.8. The number of rotatable bonds is 3. The van der Waals surface area contributed by atoms with Gasteiger partial charge in [0.1, 0.15) is 0 Å². The monoisotopic (exact) mass is 282 g/mol. The van der Waals surface area contributed by atoms with Crippen molar-refractivity contribution in [3.63, 3.8) is 0 Å². The van der Waals surface area contributed by atoms with Crippen LogP contribution < -0.4 is 5.73 Å². The van der Waals surface area contributed by atoms with Gasteiger partial charge in [-0.1, -0.05) is 42.5 Å². The molecule has 3 heteroatoms. The van der Waals surface area contributed by atoms with Crippen LogP contribution >= 0.6 is 11.3 Å². The third-order valence-corrected chi connectivity index (χ3v) is 4.79. The molecule has 0 radical (unpaired) electrons. The molecular weight excluding hydrogens is 264 g/mol. The van der Waals surface area contributed by atoms with Crippen LogP contribution in [0.3, 0.4) is 0 Å². The van der Waals surface area contributed by atoms with Gasteiger partial charge >= 0.3 is 0 Å². The van der Waals surface area contributed by atoms with E-state index in [2.05, 4.69) is 61.3 Å². The average Bonchev–Trinajstić information content (AvgIpc) is 2.76. The lowest BCUT2D eigenvalue weighted by molar-refractivity contribution is 0.722. The summed E-state index contributed by atoms with van der Waals surface area (Å²) < 4.78 is 0. The van der Waals surface area contributed by atoms with E-state index in [4.69, 9.17) is 5.73 Å². The van der Waals surface area contributed by atoms with Crippen molar-refractivity contribution in [2.45, 2.75) is 26.3 Å². The summed E-state index contributed by atoms with van der Waals surface area (Å²) in [6.45, 7) is 4.17. The fourth-order valence-electron chi connectivity index (χ4n) is 2.50. The number of aryl methyl sites for hydroxylation is 2. The first kappa shape index (κ1) is 13.3. The largest absolute Gasteiger partial charge is 0.324 e. The minimum absolute atomic E-state index is 0.00829. The number of thiazole rings is 1. The van der Waals surface area contributed by atoms with Crippen molar-refractivity contribution in [1.82, 2.24) is 4.98 Å². The Kier molecular flexibility index (Phi) is 3.55. The third kappa shape index (κ3) is 2.47. The molecule has 0 amide bonds. The predicted molar refractivity (Wildman–Crippen MR) is 86.2 cm³/mol. The molecule has 102 valence electrons. The Morgan fingerprint density at radius 1 is 1.10 bits per heavy atom. The molecule has 0 saturated heterocycles. The minimum atomic E-state index is -0.00829. The summed E-state index contributed by atoms with van der Waals surface area (Å²) in [6, 6.07) is 14.7. The predicted octanol–water partition coefficient (Wildman–Crippen LogP) is 4.16. The van der Waals surface area contributed by atoms with Crippen molar-refractivity contribution >= 4 is 22.1 Å². The summed E-state index contributed by atoms with van der Waals surface area (Å²) >= 11 is 1.75. The topological polar surface area (TPSA) is 38.9 Å². The van der Waals surface area contributed by atoms with Crippen molar-refractivity contribution in [1.29, 1.82) is 0 Å². The molecule has 1 unspecified atom stereocenters. The van der Waals surface area contributed by atoms with Crippen LogP contribution in [-0.2, 0) is 6.42 Å². The average molecular weight is 282 g/mol. The van der Waals surface area contributed by atoms with E-state index in [0.717, 1.165) is 17.1 Å². The Morgan fingerprint density at radius 2 is 1.85 bits per heavy atom. The minimum Gasteiger partial charge on any atom is -0.324 e. The van der Waals surface area contributed by atoms with E-state index < -0.39 is 0 Å². The van der Waals surface area contributed by atoms with Crippen LogP contribution in [0.5, 0.6) is 0 Å². The molecule has 0 aliphatic carbocycles. The maximum Gasteiger partial charge on any atom is 0.0949 e. The summed E-state index contributed by atoms with van der Waals surface area (Å²) in [4.78, 5) is 5.88. The van der Waals surface area contributed by atoms with Gasteiger partial charge in [0.05, 0.1) is 10.7 Å². The highest BCUT2D eigenvalue weighted by Crippen LogP contribution is 2.27. The molecule has 0 spiro atoms. The fourth-order valence-corrected chi connectivity index (χ4v) is 3.49. The van der Waals surface area contributed by atoms with Crippen molar-refractivity contribution in [3.8, 4) is 0 Å². The van der Waals surface area contributed by atoms with Gasteiger partial charge in [-0.2, -0.15) is 0 Å². The number of aromatic nitrogens is 1. The second-order valence-electron chi connectivity index (χ2n) is 5.13. The standard InChI is InChI=1S/C17H18N2S/c1-11-12(2)20-17(19-11)10-16(18)15-9-5-7-13-6-3-4-8-14(13)15/h3-9,16H,10,18H2,1-2H3. The summed E-state index contributed by atoms with van der Waals surface area (Å²) in [7, 11) is 0. The second kappa shape index (κ2) is 5.35. The SMILES string of the molecule is Cc1nc(CC(N)c2cccc3ccccc23)sc1C. The molecule has 0 fully saturated rings. The quantitative estimate of drug-likeness (QED) is 0.783. The number of fused-ring (bicyclic) bond motifs is 1. The summed E-state index contributed by atoms with van der Waals surface area (Å²) in [5, 5.41) is 3.61. The summed E-state index contributed by atoms with van der Waals surface area (Å²) in [5.41, 5.74) is 8.74. The molecule has 3 aromatic rings. The third-order valence-electron chi connectivity index (χ3n) is 3.69. The number of nitrogens with zero attached hydrogens (tertiary/aromatic N) is 1. The van der Waals surface area contributed by atoms with Crippen LogP contribution in [0.4, 0.5) is 0 Å². The molecule has 0 aliphatic heterocycles. The Morgan fingerprint density at radius 3 is 2.60 bits per heavy atom. The number of hydrogen-bond donors (Lipinski definition) is 1. The molecular formula is C17H18N2S. The summed E-state index contributed by atoms with van der Waals surface area (Å²) in [6.07, 6.45) is 0.799. The maximum absolute atomic E-state index is 6.42. The van der Waals surface area contributed by atoms with Gasteiger partial charge < -0.3 is 5.73 Å². The maximum atomic E-state index is 6.42. The van der Waals surface area contributed by atoms with Crippen LogP contribution in [0.25, 0.3) is 10.8 Å². The molecule has 0 saturated carbocycles. The second-order valence-corrected chi connectivity index (χ2v) is 6.42. The molecule has 2 aromatic carbocycles. The van der Waals surface area contributed by atoms with Crippen LogP contribution in [0.1, 0.15) is 27.2 Å². The smallest absolute Gasteiger partial charge is 0.0949 e. The van der Waals surface area contributed by atoms with Crippen LogP contribution in [0, 0.1) is 13.8 Å². The van der Waals surface area contributed by atoms with Crippen LogP contribution in [0.15, 0.2) is 42.5 Å². The first-order valence-corrected chi connectivity index (χ1v) is 7.63. The first-order chi connectivity index (χ1) is 9.65. The highest BCUT2D eigenvalue weighted by Gasteiger charge is 2.13. The van der Waals surface area contributed by atoms with Gasteiger partial charge in [-0.15, -0.1) is 11.3 Å². The molecule has 0 bridgehead atoms. The van der Waals surface area contributed by atoms with Gasteiger partial charge in [-0.3, -0.25) is 0 Å². The highest BCUT2D eigenvalue weighted by atomic mass is 32.1. The lowest BCUT2D eigenvalue weighted by Crippen LogP contribution is -2.13. The van der Waals surface area contributed by atoms with E-state index in [1.54, 1.807) is 11.3 Å². The van der Waals surface area contributed by atoms with Crippen molar-refractivity contribution in [2.24, 2.45) is 5.73 Å². The number of hydrogen-bond acceptors (Lipinski definition) is 3. The lowest BCUT2D eigenvalue weighted by atomic mass is 9.97. The van der Waals surface area contributed by atoms with E-state index in [1.165, 1.54) is 21.2 Å². The zero-order valence-electron chi connectivity index (χ0n) is 11.8. The molecule has 3 rings (SSSR count). The molecule has 20 heavy (non-hydrogen) atoms. The van der Waals surface area contributed by atoms with E-state index in [1.807, 2.05) is 0 Å². The van der Waals surface area contributed by atoms with Gasteiger partial charge in [-0.25, -0.2) is 4.98 Å². The zero-order valence-corrected chi connectivity index (χ0v) is 12.6. The van der Waals surface area contributed by atoms with Gasteiger partial charge in [-0.05, 0) is 30.2 Å². The Hall–Kier alpha value is -1.71. The molecule has 1 aromatic heterocycles. The summed E-state index contributed by atoms with van der Waals surface area (Å²) in [5.74, 6) is 0. The van der Waals surface area contributed by atoms with Gasteiger partial charge in [0.25, 0.3) is 0 Å². The first-order valence-electron chi connectivity index (χ1n) is 6.81. The van der Waals surface area contributed by atoms with E-state index >= 15 is 0 Å². The van der Waals surface area contributed by atoms with Crippen molar-refractivity contribution in [3.05, 3.63) is 63.6 Å². The van der Waals surface area contributed by atoms with E-state index in [-0.39, 0.29) is 6.04 Å². The van der Waals surface area contributed by atoms with Crippen molar-refractivity contribution in [2.75, 3.05) is 0 Å². The Labute approximate surface area is 123 Å². The lowest BCUT2D eigenvalue weighted by Gasteiger charge is -2.13. The Balaban J connectivity index is 1.94. The molecule has 2 N–H and O–H groups in total. The van der Waals surface area contributed by atoms with Crippen molar-refractivity contribution < 1.29 is 0 Å². The molecule has 0 aliphatic rings. The zero-order chi connectivity index (χ0) is 14.1. The van der Waals surface area contributed by atoms with Gasteiger partial charge in [0.2, 0.25) is 0 Å². The fraction of sp³-hybridized carbons (Fsp3) is 0.235. The van der Waals surface area contributed by atoms with E-state index in [0.29, 0.717) is 0 Å². The number of benzene rings is 2. The Bertz CT molecular complexity index is 721. The van der Waals surface area contributed by atoms with Crippen LogP contribution in [-0.4, -0.2) is 4.98 Å². The number of nitrogens with two attached hydrogens (primary N) is 1. The molecule has 2 nitrogen and oxygen atoms in total. The van der Waals surface area contributed by atoms with E-state index in [9.17, 15) is 0 Å². The highest BCUT2D eigenvalue weighted by molar-refractivity contribution is 7.11. The molecule has 1 atom stereocenters. The van der Waals surface area contributed by atoms with Gasteiger partial charge in [0, 0.05) is 17.3 Å². The van der Waals surface area contributed by atoms with Gasteiger partial charge in [0.15, 0.2) is 0 Å². The molecule has 1 heterocycles. The van der Waals surface area contributed by atoms with Crippen LogP contribution in [0.2, 0.25) is 0 Å².